The van der Waals surface area contributed by atoms with Crippen molar-refractivity contribution >= 4 is 5.91 Å². The van der Waals surface area contributed by atoms with Crippen LogP contribution in [-0.2, 0) is 11.2 Å². The van der Waals surface area contributed by atoms with Crippen LogP contribution in [0, 0.1) is 5.82 Å². The van der Waals surface area contributed by atoms with Crippen molar-refractivity contribution in [3.63, 3.8) is 0 Å². The van der Waals surface area contributed by atoms with E-state index in [0.717, 1.165) is 5.56 Å². The van der Waals surface area contributed by atoms with Crippen molar-refractivity contribution in [2.45, 2.75) is 52.2 Å². The molecule has 0 aromatic heterocycles. The number of carbonyl (C=O) groups excluding carboxylic acids is 1. The molecule has 0 radical (unpaired) electrons. The highest BCUT2D eigenvalue weighted by Gasteiger charge is 2.25. The Morgan fingerprint density at radius 2 is 1.84 bits per heavy atom. The van der Waals surface area contributed by atoms with E-state index in [2.05, 4.69) is 0 Å². The fourth-order valence-electron chi connectivity index (χ4n) is 2.30. The summed E-state index contributed by atoms with van der Waals surface area (Å²) in [6, 6.07) is 5.78. The zero-order valence-corrected chi connectivity index (χ0v) is 12.1. The first-order valence-corrected chi connectivity index (χ1v) is 6.65. The summed E-state index contributed by atoms with van der Waals surface area (Å²) in [5.74, 6) is -0.393. The zero-order valence-electron chi connectivity index (χ0n) is 12.1. The highest BCUT2D eigenvalue weighted by atomic mass is 19.1. The fraction of sp³-hybridized carbons (Fsp3) is 0.533. The lowest BCUT2D eigenvalue weighted by molar-refractivity contribution is -0.136. The van der Waals surface area contributed by atoms with Crippen molar-refractivity contribution in [1.82, 2.24) is 4.90 Å². The van der Waals surface area contributed by atoms with E-state index >= 15 is 0 Å². The Bertz CT molecular complexity index is 424. The molecular weight excluding hydrogens is 243 g/mol. The van der Waals surface area contributed by atoms with E-state index in [0.29, 0.717) is 6.42 Å². The Labute approximate surface area is 114 Å². The second-order valence-electron chi connectivity index (χ2n) is 5.37. The van der Waals surface area contributed by atoms with Gasteiger partial charge in [0.15, 0.2) is 0 Å². The maximum absolute atomic E-state index is 13.1. The average molecular weight is 266 g/mol. The van der Waals surface area contributed by atoms with Crippen molar-refractivity contribution in [2.24, 2.45) is 5.73 Å². The summed E-state index contributed by atoms with van der Waals surface area (Å²) >= 11 is 0. The summed E-state index contributed by atoms with van der Waals surface area (Å²) in [4.78, 5) is 14.1. The normalized spacial score (nSPS) is 12.8. The number of benzene rings is 1. The molecular formula is C15H23FN2O. The maximum Gasteiger partial charge on any atom is 0.240 e. The van der Waals surface area contributed by atoms with E-state index in [1.54, 1.807) is 17.0 Å². The summed E-state index contributed by atoms with van der Waals surface area (Å²) in [6.07, 6.45) is 0.354. The highest BCUT2D eigenvalue weighted by Crippen LogP contribution is 2.11. The third kappa shape index (κ3) is 4.31. The van der Waals surface area contributed by atoms with Gasteiger partial charge in [-0.15, -0.1) is 0 Å². The van der Waals surface area contributed by atoms with Crippen LogP contribution in [0.1, 0.15) is 33.3 Å². The number of amides is 1. The zero-order chi connectivity index (χ0) is 14.6. The van der Waals surface area contributed by atoms with E-state index in [4.69, 9.17) is 5.73 Å². The van der Waals surface area contributed by atoms with Crippen molar-refractivity contribution in [2.75, 3.05) is 0 Å². The first-order valence-electron chi connectivity index (χ1n) is 6.65. The minimum absolute atomic E-state index is 0.0886. The number of halogens is 1. The molecule has 0 aliphatic heterocycles. The Hall–Kier alpha value is -1.42. The van der Waals surface area contributed by atoms with E-state index < -0.39 is 6.04 Å². The van der Waals surface area contributed by atoms with Crippen LogP contribution in [0.3, 0.4) is 0 Å². The molecule has 0 aliphatic rings. The maximum atomic E-state index is 13.1. The predicted molar refractivity (Wildman–Crippen MR) is 75.2 cm³/mol. The van der Waals surface area contributed by atoms with Gasteiger partial charge in [-0.2, -0.15) is 0 Å². The van der Waals surface area contributed by atoms with Crippen LogP contribution in [-0.4, -0.2) is 28.9 Å². The SMILES string of the molecule is CC(C)N(C(=O)C(N)Cc1cccc(F)c1)C(C)C. The number of carbonyl (C=O) groups is 1. The molecule has 0 bridgehead atoms. The molecule has 2 N–H and O–H groups in total. The predicted octanol–water partition coefficient (Wildman–Crippen LogP) is 2.34. The summed E-state index contributed by atoms with van der Waals surface area (Å²) in [5.41, 5.74) is 6.71. The summed E-state index contributed by atoms with van der Waals surface area (Å²) in [7, 11) is 0. The van der Waals surface area contributed by atoms with Gasteiger partial charge in [-0.1, -0.05) is 12.1 Å². The van der Waals surface area contributed by atoms with Crippen molar-refractivity contribution in [1.29, 1.82) is 0 Å². The van der Waals surface area contributed by atoms with Crippen LogP contribution in [0.25, 0.3) is 0 Å². The van der Waals surface area contributed by atoms with Crippen LogP contribution in [0.4, 0.5) is 4.39 Å². The van der Waals surface area contributed by atoms with Gasteiger partial charge in [0.05, 0.1) is 6.04 Å². The fourth-order valence-corrected chi connectivity index (χ4v) is 2.30. The second kappa shape index (κ2) is 6.66. The smallest absolute Gasteiger partial charge is 0.240 e. The lowest BCUT2D eigenvalue weighted by atomic mass is 10.0. The van der Waals surface area contributed by atoms with Gasteiger partial charge in [0.25, 0.3) is 0 Å². The number of rotatable bonds is 5. The third-order valence-corrected chi connectivity index (χ3v) is 3.03. The van der Waals surface area contributed by atoms with Gasteiger partial charge in [-0.25, -0.2) is 4.39 Å². The molecule has 0 aliphatic carbocycles. The van der Waals surface area contributed by atoms with Crippen molar-refractivity contribution in [3.8, 4) is 0 Å². The van der Waals surface area contributed by atoms with Crippen LogP contribution < -0.4 is 5.73 Å². The summed E-state index contributed by atoms with van der Waals surface area (Å²) in [6.45, 7) is 7.86. The number of hydrogen-bond acceptors (Lipinski definition) is 2. The third-order valence-electron chi connectivity index (χ3n) is 3.03. The van der Waals surface area contributed by atoms with Gasteiger partial charge >= 0.3 is 0 Å². The Morgan fingerprint density at radius 1 is 1.26 bits per heavy atom. The molecule has 3 nitrogen and oxygen atoms in total. The molecule has 106 valence electrons. The molecule has 0 saturated carbocycles. The average Bonchev–Trinajstić information content (AvgIpc) is 2.27. The molecule has 1 unspecified atom stereocenters. The van der Waals surface area contributed by atoms with E-state index in [-0.39, 0.29) is 23.8 Å². The topological polar surface area (TPSA) is 46.3 Å². The molecule has 0 heterocycles. The van der Waals surface area contributed by atoms with Crippen LogP contribution in [0.5, 0.6) is 0 Å². The first kappa shape index (κ1) is 15.6. The molecule has 1 aromatic rings. The van der Waals surface area contributed by atoms with Gasteiger partial charge in [0.2, 0.25) is 5.91 Å². The Balaban J connectivity index is 2.76. The lowest BCUT2D eigenvalue weighted by Gasteiger charge is -2.33. The standard InChI is InChI=1S/C15H23FN2O/c1-10(2)18(11(3)4)15(19)14(17)9-12-6-5-7-13(16)8-12/h5-8,10-11,14H,9,17H2,1-4H3. The Kier molecular flexibility index (Phi) is 5.48. The molecule has 0 saturated heterocycles. The van der Waals surface area contributed by atoms with Crippen molar-refractivity contribution < 1.29 is 9.18 Å². The van der Waals surface area contributed by atoms with Gasteiger partial charge in [0, 0.05) is 12.1 Å². The minimum atomic E-state index is -0.633. The van der Waals surface area contributed by atoms with Gasteiger partial charge in [-0.05, 0) is 51.8 Å². The molecule has 1 amide bonds. The highest BCUT2D eigenvalue weighted by molar-refractivity contribution is 5.82. The van der Waals surface area contributed by atoms with E-state index in [1.807, 2.05) is 27.7 Å². The number of nitrogens with two attached hydrogens (primary N) is 1. The van der Waals surface area contributed by atoms with E-state index in [1.165, 1.54) is 12.1 Å². The monoisotopic (exact) mass is 266 g/mol. The molecule has 1 atom stereocenters. The molecule has 1 rings (SSSR count). The Morgan fingerprint density at radius 3 is 2.32 bits per heavy atom. The van der Waals surface area contributed by atoms with E-state index in [9.17, 15) is 9.18 Å². The minimum Gasteiger partial charge on any atom is -0.336 e. The summed E-state index contributed by atoms with van der Waals surface area (Å²) in [5, 5.41) is 0. The van der Waals surface area contributed by atoms with Crippen molar-refractivity contribution in [3.05, 3.63) is 35.6 Å². The van der Waals surface area contributed by atoms with Crippen LogP contribution in [0.2, 0.25) is 0 Å². The van der Waals surface area contributed by atoms with Crippen LogP contribution >= 0.6 is 0 Å². The van der Waals surface area contributed by atoms with Gasteiger partial charge < -0.3 is 10.6 Å². The molecule has 1 aromatic carbocycles. The largest absolute Gasteiger partial charge is 0.336 e. The molecule has 19 heavy (non-hydrogen) atoms. The first-order chi connectivity index (χ1) is 8.82. The molecule has 0 spiro atoms. The van der Waals surface area contributed by atoms with Gasteiger partial charge in [0.1, 0.15) is 5.82 Å². The quantitative estimate of drug-likeness (QED) is 0.889. The van der Waals surface area contributed by atoms with Crippen LogP contribution in [0.15, 0.2) is 24.3 Å². The molecule has 0 fully saturated rings. The lowest BCUT2D eigenvalue weighted by Crippen LogP contribution is -2.50. The number of nitrogens with zero attached hydrogens (tertiary/aromatic N) is 1. The summed E-state index contributed by atoms with van der Waals surface area (Å²) < 4.78 is 13.1. The van der Waals surface area contributed by atoms with Gasteiger partial charge in [-0.3, -0.25) is 4.79 Å². The molecule has 4 heteroatoms. The second-order valence-corrected chi connectivity index (χ2v) is 5.37. The number of hydrogen-bond donors (Lipinski definition) is 1.